The van der Waals surface area contributed by atoms with E-state index in [4.69, 9.17) is 14.2 Å². The van der Waals surface area contributed by atoms with Crippen LogP contribution in [0, 0.1) is 6.92 Å². The molecular weight excluding hydrogens is 388 g/mol. The Bertz CT molecular complexity index is 1220. The first-order chi connectivity index (χ1) is 15.2. The number of fused-ring (bicyclic) bond motifs is 2. The van der Waals surface area contributed by atoms with Crippen LogP contribution in [0.15, 0.2) is 66.7 Å². The van der Waals surface area contributed by atoms with Crippen LogP contribution in [-0.4, -0.2) is 17.1 Å². The van der Waals surface area contributed by atoms with Gasteiger partial charge in [0.15, 0.2) is 0 Å². The number of aryl methyl sites for hydroxylation is 1. The molecule has 1 aromatic heterocycles. The van der Waals surface area contributed by atoms with Gasteiger partial charge in [-0.3, -0.25) is 0 Å². The van der Waals surface area contributed by atoms with Crippen LogP contribution < -0.4 is 9.47 Å². The van der Waals surface area contributed by atoms with Crippen molar-refractivity contribution in [1.82, 2.24) is 9.97 Å². The largest absolute Gasteiger partial charge is 0.472 e. The molecule has 0 radical (unpaired) electrons. The van der Waals surface area contributed by atoms with E-state index in [0.29, 0.717) is 31.5 Å². The third-order valence-corrected chi connectivity index (χ3v) is 5.73. The summed E-state index contributed by atoms with van der Waals surface area (Å²) < 4.78 is 17.7. The molecule has 1 atom stereocenters. The Morgan fingerprint density at radius 2 is 1.77 bits per heavy atom. The number of hydrogen-bond donors (Lipinski definition) is 0. The van der Waals surface area contributed by atoms with Crippen LogP contribution in [0.1, 0.15) is 34.1 Å². The van der Waals surface area contributed by atoms with Gasteiger partial charge < -0.3 is 14.2 Å². The van der Waals surface area contributed by atoms with Crippen molar-refractivity contribution in [3.63, 3.8) is 0 Å². The Morgan fingerprint density at radius 1 is 0.968 bits per heavy atom. The first-order valence-electron chi connectivity index (χ1n) is 10.4. The van der Waals surface area contributed by atoms with Crippen molar-refractivity contribution >= 4 is 10.8 Å². The Hall–Kier alpha value is -3.44. The van der Waals surface area contributed by atoms with E-state index in [1.807, 2.05) is 30.3 Å². The highest BCUT2D eigenvalue weighted by Crippen LogP contribution is 2.37. The molecule has 1 aliphatic heterocycles. The molecule has 3 aromatic carbocycles. The molecule has 0 N–H and O–H groups in total. The predicted octanol–water partition coefficient (Wildman–Crippen LogP) is 5.34. The Balaban J connectivity index is 1.48. The third kappa shape index (κ3) is 3.84. The predicted molar refractivity (Wildman–Crippen MR) is 119 cm³/mol. The lowest BCUT2D eigenvalue weighted by atomic mass is 9.93. The summed E-state index contributed by atoms with van der Waals surface area (Å²) >= 11 is 0. The summed E-state index contributed by atoms with van der Waals surface area (Å²) in [5.41, 5.74) is 5.32. The zero-order chi connectivity index (χ0) is 21.2. The SMILES string of the molecule is COc1nc2c(c(OCc3ccccc3)n1)COC(c1cccc3cccc(C)c13)C2. The van der Waals surface area contributed by atoms with Crippen LogP contribution in [0.3, 0.4) is 0 Å². The van der Waals surface area contributed by atoms with E-state index in [2.05, 4.69) is 53.3 Å². The standard InChI is InChI=1S/C26H24N2O3/c1-17-8-6-11-19-12-7-13-20(24(17)19)23-14-22-21(16-30-23)25(28-26(27-22)29-2)31-15-18-9-4-3-5-10-18/h3-13,23H,14-16H2,1-2H3. The molecule has 2 heterocycles. The van der Waals surface area contributed by atoms with E-state index in [1.54, 1.807) is 7.11 Å². The molecular formula is C26H24N2O3. The van der Waals surface area contributed by atoms with Crippen LogP contribution in [0.4, 0.5) is 0 Å². The molecule has 0 spiro atoms. The smallest absolute Gasteiger partial charge is 0.319 e. The van der Waals surface area contributed by atoms with E-state index in [0.717, 1.165) is 16.8 Å². The second-order valence-corrected chi connectivity index (χ2v) is 7.74. The summed E-state index contributed by atoms with van der Waals surface area (Å²) in [4.78, 5) is 9.08. The number of methoxy groups -OCH3 is 1. The molecule has 0 saturated carbocycles. The monoisotopic (exact) mass is 412 g/mol. The van der Waals surface area contributed by atoms with Gasteiger partial charge in [-0.2, -0.15) is 9.97 Å². The van der Waals surface area contributed by atoms with E-state index < -0.39 is 0 Å². The lowest BCUT2D eigenvalue weighted by Crippen LogP contribution is -2.19. The minimum atomic E-state index is -0.0844. The quantitative estimate of drug-likeness (QED) is 0.443. The summed E-state index contributed by atoms with van der Waals surface area (Å²) in [6, 6.07) is 23.1. The van der Waals surface area contributed by atoms with Gasteiger partial charge in [0, 0.05) is 6.42 Å². The first kappa shape index (κ1) is 19.5. The van der Waals surface area contributed by atoms with E-state index in [1.165, 1.54) is 21.9 Å². The lowest BCUT2D eigenvalue weighted by molar-refractivity contribution is 0.0241. The summed E-state index contributed by atoms with van der Waals surface area (Å²) in [7, 11) is 1.58. The molecule has 5 rings (SSSR count). The molecule has 0 aliphatic carbocycles. The first-order valence-corrected chi connectivity index (χ1v) is 10.4. The Kier molecular flexibility index (Phi) is 5.26. The molecule has 5 heteroatoms. The zero-order valence-corrected chi connectivity index (χ0v) is 17.7. The maximum Gasteiger partial charge on any atom is 0.319 e. The Labute approximate surface area is 181 Å². The zero-order valence-electron chi connectivity index (χ0n) is 17.7. The van der Waals surface area contributed by atoms with E-state index in [-0.39, 0.29) is 6.10 Å². The molecule has 1 aliphatic rings. The molecule has 0 saturated heterocycles. The topological polar surface area (TPSA) is 53.5 Å². The van der Waals surface area contributed by atoms with Crippen molar-refractivity contribution in [2.45, 2.75) is 32.7 Å². The Morgan fingerprint density at radius 3 is 2.58 bits per heavy atom. The summed E-state index contributed by atoms with van der Waals surface area (Å²) in [6.07, 6.45) is 0.558. The fraction of sp³-hybridized carbons (Fsp3) is 0.231. The molecule has 31 heavy (non-hydrogen) atoms. The number of aromatic nitrogens is 2. The van der Waals surface area contributed by atoms with Crippen molar-refractivity contribution in [3.8, 4) is 11.9 Å². The van der Waals surface area contributed by atoms with Gasteiger partial charge in [-0.15, -0.1) is 0 Å². The van der Waals surface area contributed by atoms with Gasteiger partial charge in [0.25, 0.3) is 0 Å². The van der Waals surface area contributed by atoms with Gasteiger partial charge in [-0.05, 0) is 34.4 Å². The molecule has 0 bridgehead atoms. The number of rotatable bonds is 5. The van der Waals surface area contributed by atoms with Crippen molar-refractivity contribution in [1.29, 1.82) is 0 Å². The maximum absolute atomic E-state index is 6.32. The van der Waals surface area contributed by atoms with Crippen molar-refractivity contribution in [2.75, 3.05) is 7.11 Å². The normalized spacial score (nSPS) is 15.5. The number of nitrogens with zero attached hydrogens (tertiary/aromatic N) is 2. The third-order valence-electron chi connectivity index (χ3n) is 5.73. The van der Waals surface area contributed by atoms with E-state index >= 15 is 0 Å². The van der Waals surface area contributed by atoms with Crippen LogP contribution in [0.25, 0.3) is 10.8 Å². The molecule has 5 nitrogen and oxygen atoms in total. The minimum absolute atomic E-state index is 0.0844. The average molecular weight is 412 g/mol. The van der Waals surface area contributed by atoms with Gasteiger partial charge >= 0.3 is 6.01 Å². The molecule has 0 amide bonds. The van der Waals surface area contributed by atoms with Gasteiger partial charge in [0.05, 0.1) is 31.1 Å². The van der Waals surface area contributed by atoms with Gasteiger partial charge in [0.1, 0.15) is 6.61 Å². The summed E-state index contributed by atoms with van der Waals surface area (Å²) in [5, 5.41) is 2.47. The van der Waals surface area contributed by atoms with Crippen molar-refractivity contribution in [3.05, 3.63) is 94.7 Å². The van der Waals surface area contributed by atoms with Crippen LogP contribution in [0.5, 0.6) is 11.9 Å². The lowest BCUT2D eigenvalue weighted by Gasteiger charge is -2.27. The molecule has 0 fully saturated rings. The summed E-state index contributed by atoms with van der Waals surface area (Å²) in [5.74, 6) is 0.526. The highest BCUT2D eigenvalue weighted by Gasteiger charge is 2.28. The van der Waals surface area contributed by atoms with Gasteiger partial charge in [0.2, 0.25) is 5.88 Å². The van der Waals surface area contributed by atoms with Crippen molar-refractivity contribution in [2.24, 2.45) is 0 Å². The summed E-state index contributed by atoms with van der Waals surface area (Å²) in [6.45, 7) is 2.97. The number of hydrogen-bond acceptors (Lipinski definition) is 5. The van der Waals surface area contributed by atoms with Crippen LogP contribution >= 0.6 is 0 Å². The molecule has 1 unspecified atom stereocenters. The fourth-order valence-corrected chi connectivity index (χ4v) is 4.19. The fourth-order valence-electron chi connectivity index (χ4n) is 4.19. The number of ether oxygens (including phenoxy) is 3. The molecule has 4 aromatic rings. The highest BCUT2D eigenvalue weighted by atomic mass is 16.5. The second kappa shape index (κ2) is 8.36. The molecule has 156 valence electrons. The average Bonchev–Trinajstić information content (AvgIpc) is 2.82. The maximum atomic E-state index is 6.32. The van der Waals surface area contributed by atoms with Crippen LogP contribution in [-0.2, 0) is 24.4 Å². The highest BCUT2D eigenvalue weighted by molar-refractivity contribution is 5.89. The van der Waals surface area contributed by atoms with Gasteiger partial charge in [-0.25, -0.2) is 0 Å². The second-order valence-electron chi connectivity index (χ2n) is 7.74. The van der Waals surface area contributed by atoms with Crippen LogP contribution in [0.2, 0.25) is 0 Å². The minimum Gasteiger partial charge on any atom is -0.472 e. The van der Waals surface area contributed by atoms with E-state index in [9.17, 15) is 0 Å². The van der Waals surface area contributed by atoms with Gasteiger partial charge in [-0.1, -0.05) is 66.7 Å². The van der Waals surface area contributed by atoms with Crippen molar-refractivity contribution < 1.29 is 14.2 Å². The number of benzene rings is 3.